The van der Waals surface area contributed by atoms with Crippen LogP contribution < -0.4 is 5.32 Å². The van der Waals surface area contributed by atoms with E-state index in [1.807, 2.05) is 12.1 Å². The summed E-state index contributed by atoms with van der Waals surface area (Å²) in [5.74, 6) is 0.801. The lowest BCUT2D eigenvalue weighted by atomic mass is 10.1. The van der Waals surface area contributed by atoms with Crippen LogP contribution >= 0.6 is 0 Å². The van der Waals surface area contributed by atoms with Crippen molar-refractivity contribution in [1.29, 1.82) is 0 Å². The molecule has 3 heteroatoms. The SMILES string of the molecule is CC(C)CNC(CO)c1ccc(O)cc1. The first-order valence-corrected chi connectivity index (χ1v) is 5.26. The molecule has 0 bridgehead atoms. The number of nitrogens with one attached hydrogen (secondary N) is 1. The van der Waals surface area contributed by atoms with Crippen LogP contribution in [0.1, 0.15) is 25.5 Å². The monoisotopic (exact) mass is 209 g/mol. The standard InChI is InChI=1S/C12H19NO2/c1-9(2)7-13-12(8-14)10-3-5-11(15)6-4-10/h3-6,9,12-15H,7-8H2,1-2H3. The van der Waals surface area contributed by atoms with Crippen LogP contribution in [0.15, 0.2) is 24.3 Å². The molecule has 1 atom stereocenters. The molecule has 0 saturated carbocycles. The zero-order valence-corrected chi connectivity index (χ0v) is 9.27. The van der Waals surface area contributed by atoms with Gasteiger partial charge in [0.05, 0.1) is 12.6 Å². The molecule has 0 saturated heterocycles. The average molecular weight is 209 g/mol. The van der Waals surface area contributed by atoms with E-state index >= 15 is 0 Å². The Morgan fingerprint density at radius 1 is 1.20 bits per heavy atom. The van der Waals surface area contributed by atoms with Gasteiger partial charge in [-0.05, 0) is 30.2 Å². The van der Waals surface area contributed by atoms with Crippen molar-refractivity contribution < 1.29 is 10.2 Å². The van der Waals surface area contributed by atoms with Crippen LogP contribution in [-0.4, -0.2) is 23.4 Å². The number of aromatic hydroxyl groups is 1. The van der Waals surface area contributed by atoms with Crippen LogP contribution in [0.5, 0.6) is 5.75 Å². The molecule has 3 N–H and O–H groups in total. The molecule has 0 aliphatic heterocycles. The van der Waals surface area contributed by atoms with Crippen molar-refractivity contribution in [1.82, 2.24) is 5.32 Å². The van der Waals surface area contributed by atoms with Crippen molar-refractivity contribution in [3.05, 3.63) is 29.8 Å². The molecule has 1 rings (SSSR count). The van der Waals surface area contributed by atoms with Gasteiger partial charge in [0.25, 0.3) is 0 Å². The molecule has 0 heterocycles. The molecule has 1 aromatic rings. The van der Waals surface area contributed by atoms with E-state index in [2.05, 4.69) is 19.2 Å². The van der Waals surface area contributed by atoms with Gasteiger partial charge in [0.15, 0.2) is 0 Å². The summed E-state index contributed by atoms with van der Waals surface area (Å²) < 4.78 is 0. The Balaban J connectivity index is 2.61. The van der Waals surface area contributed by atoms with Gasteiger partial charge >= 0.3 is 0 Å². The van der Waals surface area contributed by atoms with E-state index in [0.29, 0.717) is 5.92 Å². The summed E-state index contributed by atoms with van der Waals surface area (Å²) in [6.45, 7) is 5.18. The molecule has 0 aliphatic carbocycles. The van der Waals surface area contributed by atoms with Crippen LogP contribution in [-0.2, 0) is 0 Å². The van der Waals surface area contributed by atoms with Crippen molar-refractivity contribution >= 4 is 0 Å². The second kappa shape index (κ2) is 5.73. The quantitative estimate of drug-likeness (QED) is 0.691. The Labute approximate surface area is 90.8 Å². The van der Waals surface area contributed by atoms with Crippen LogP contribution in [0.4, 0.5) is 0 Å². The molecule has 0 aromatic heterocycles. The minimum absolute atomic E-state index is 0.0481. The minimum atomic E-state index is -0.0481. The largest absolute Gasteiger partial charge is 0.508 e. The molecule has 0 aliphatic rings. The van der Waals surface area contributed by atoms with Crippen molar-refractivity contribution in [2.45, 2.75) is 19.9 Å². The van der Waals surface area contributed by atoms with E-state index in [1.54, 1.807) is 12.1 Å². The third-order valence-corrected chi connectivity index (χ3v) is 2.25. The van der Waals surface area contributed by atoms with Crippen LogP contribution in [0.25, 0.3) is 0 Å². The van der Waals surface area contributed by atoms with E-state index in [-0.39, 0.29) is 18.4 Å². The number of phenolic OH excluding ortho intramolecular Hbond substituents is 1. The predicted octanol–water partition coefficient (Wildman–Crippen LogP) is 1.67. The van der Waals surface area contributed by atoms with Gasteiger partial charge in [0, 0.05) is 0 Å². The van der Waals surface area contributed by atoms with Crippen molar-refractivity contribution in [2.24, 2.45) is 5.92 Å². The lowest BCUT2D eigenvalue weighted by Crippen LogP contribution is -2.27. The van der Waals surface area contributed by atoms with Gasteiger partial charge in [-0.15, -0.1) is 0 Å². The fourth-order valence-corrected chi connectivity index (χ4v) is 1.37. The molecule has 1 aromatic carbocycles. The maximum absolute atomic E-state index is 9.24. The Morgan fingerprint density at radius 2 is 1.80 bits per heavy atom. The molecule has 0 spiro atoms. The number of rotatable bonds is 5. The maximum atomic E-state index is 9.24. The van der Waals surface area contributed by atoms with Gasteiger partial charge in [-0.25, -0.2) is 0 Å². The molecule has 1 unspecified atom stereocenters. The molecule has 0 fully saturated rings. The van der Waals surface area contributed by atoms with E-state index in [9.17, 15) is 5.11 Å². The van der Waals surface area contributed by atoms with Crippen molar-refractivity contribution in [3.8, 4) is 5.75 Å². The second-order valence-corrected chi connectivity index (χ2v) is 4.13. The van der Waals surface area contributed by atoms with Gasteiger partial charge in [-0.3, -0.25) is 0 Å². The maximum Gasteiger partial charge on any atom is 0.115 e. The third kappa shape index (κ3) is 3.90. The van der Waals surface area contributed by atoms with Gasteiger partial charge in [-0.1, -0.05) is 26.0 Å². The molecular weight excluding hydrogens is 190 g/mol. The molecule has 15 heavy (non-hydrogen) atoms. The molecule has 0 amide bonds. The van der Waals surface area contributed by atoms with Crippen LogP contribution in [0.2, 0.25) is 0 Å². The summed E-state index contributed by atoms with van der Waals surface area (Å²) >= 11 is 0. The zero-order chi connectivity index (χ0) is 11.3. The van der Waals surface area contributed by atoms with E-state index in [1.165, 1.54) is 0 Å². The normalized spacial score (nSPS) is 13.1. The first kappa shape index (κ1) is 12.0. The fourth-order valence-electron chi connectivity index (χ4n) is 1.37. The number of phenols is 1. The Morgan fingerprint density at radius 3 is 2.27 bits per heavy atom. The van der Waals surface area contributed by atoms with E-state index in [4.69, 9.17) is 5.11 Å². The summed E-state index contributed by atoms with van der Waals surface area (Å²) in [4.78, 5) is 0. The molecule has 3 nitrogen and oxygen atoms in total. The van der Waals surface area contributed by atoms with E-state index in [0.717, 1.165) is 12.1 Å². The molecular formula is C12H19NO2. The summed E-state index contributed by atoms with van der Waals surface area (Å²) in [5, 5.41) is 21.7. The zero-order valence-electron chi connectivity index (χ0n) is 9.27. The van der Waals surface area contributed by atoms with Gasteiger partial charge in [0.2, 0.25) is 0 Å². The molecule has 0 radical (unpaired) electrons. The summed E-state index contributed by atoms with van der Waals surface area (Å²) in [6.07, 6.45) is 0. The number of aliphatic hydroxyl groups is 1. The number of hydrogen-bond donors (Lipinski definition) is 3. The first-order valence-electron chi connectivity index (χ1n) is 5.26. The predicted molar refractivity (Wildman–Crippen MR) is 60.8 cm³/mol. The smallest absolute Gasteiger partial charge is 0.115 e. The highest BCUT2D eigenvalue weighted by atomic mass is 16.3. The topological polar surface area (TPSA) is 52.5 Å². The lowest BCUT2D eigenvalue weighted by Gasteiger charge is -2.18. The summed E-state index contributed by atoms with van der Waals surface area (Å²) in [5.41, 5.74) is 0.996. The molecule has 84 valence electrons. The van der Waals surface area contributed by atoms with Gasteiger partial charge < -0.3 is 15.5 Å². The summed E-state index contributed by atoms with van der Waals surface area (Å²) in [6, 6.07) is 6.87. The van der Waals surface area contributed by atoms with Crippen molar-refractivity contribution in [2.75, 3.05) is 13.2 Å². The number of aliphatic hydroxyl groups excluding tert-OH is 1. The van der Waals surface area contributed by atoms with Crippen LogP contribution in [0.3, 0.4) is 0 Å². The lowest BCUT2D eigenvalue weighted by molar-refractivity contribution is 0.241. The van der Waals surface area contributed by atoms with Crippen LogP contribution in [0, 0.1) is 5.92 Å². The van der Waals surface area contributed by atoms with Gasteiger partial charge in [0.1, 0.15) is 5.75 Å². The highest BCUT2D eigenvalue weighted by Gasteiger charge is 2.09. The Hall–Kier alpha value is -1.06. The minimum Gasteiger partial charge on any atom is -0.508 e. The fraction of sp³-hybridized carbons (Fsp3) is 0.500. The summed E-state index contributed by atoms with van der Waals surface area (Å²) in [7, 11) is 0. The van der Waals surface area contributed by atoms with E-state index < -0.39 is 0 Å². The van der Waals surface area contributed by atoms with Gasteiger partial charge in [-0.2, -0.15) is 0 Å². The third-order valence-electron chi connectivity index (χ3n) is 2.25. The first-order chi connectivity index (χ1) is 7.13. The average Bonchev–Trinajstić information content (AvgIpc) is 2.21. The Kier molecular flexibility index (Phi) is 4.59. The van der Waals surface area contributed by atoms with Crippen molar-refractivity contribution in [3.63, 3.8) is 0 Å². The Bertz CT molecular complexity index is 282. The second-order valence-electron chi connectivity index (χ2n) is 4.13. The number of hydrogen-bond acceptors (Lipinski definition) is 3. The highest BCUT2D eigenvalue weighted by Crippen LogP contribution is 2.16. The highest BCUT2D eigenvalue weighted by molar-refractivity contribution is 5.28. The number of benzene rings is 1.